The van der Waals surface area contributed by atoms with Crippen LogP contribution in [0.15, 0.2) is 30.3 Å². The van der Waals surface area contributed by atoms with E-state index >= 15 is 0 Å². The molecule has 0 fully saturated rings. The molecule has 5 nitrogen and oxygen atoms in total. The summed E-state index contributed by atoms with van der Waals surface area (Å²) in [5.41, 5.74) is 0.937. The first kappa shape index (κ1) is 14.0. The number of aryl methyl sites for hydroxylation is 1. The lowest BCUT2D eigenvalue weighted by molar-refractivity contribution is -0.122. The van der Waals surface area contributed by atoms with E-state index < -0.39 is 6.10 Å². The summed E-state index contributed by atoms with van der Waals surface area (Å²) < 4.78 is 18.2. The van der Waals surface area contributed by atoms with Crippen LogP contribution in [0.2, 0.25) is 0 Å². The zero-order valence-corrected chi connectivity index (χ0v) is 11.3. The molecule has 0 spiro atoms. The van der Waals surface area contributed by atoms with Crippen molar-refractivity contribution in [3.8, 4) is 5.75 Å². The number of H-pyrrole nitrogens is 1. The van der Waals surface area contributed by atoms with Crippen molar-refractivity contribution in [1.29, 1.82) is 0 Å². The summed E-state index contributed by atoms with van der Waals surface area (Å²) in [4.78, 5) is 11.9. The van der Waals surface area contributed by atoms with E-state index in [0.29, 0.717) is 11.6 Å². The molecule has 1 amide bonds. The molecule has 0 aliphatic heterocycles. The van der Waals surface area contributed by atoms with Gasteiger partial charge >= 0.3 is 0 Å². The lowest BCUT2D eigenvalue weighted by Crippen LogP contribution is -2.30. The van der Waals surface area contributed by atoms with Crippen molar-refractivity contribution >= 4 is 11.7 Å². The number of aromatic amines is 1. The molecule has 20 heavy (non-hydrogen) atoms. The molecule has 2 rings (SSSR count). The number of carbonyl (C=O) groups excluding carboxylic acids is 1. The van der Waals surface area contributed by atoms with Crippen LogP contribution >= 0.6 is 0 Å². The standard InChI is InChI=1S/C14H16FN3O2/c1-3-11-8-13(18-17-11)16-14(19)9(2)20-12-6-4-10(15)5-7-12/h4-9H,3H2,1-2H3,(H2,16,17,18,19). The van der Waals surface area contributed by atoms with E-state index in [-0.39, 0.29) is 11.7 Å². The molecule has 106 valence electrons. The number of ether oxygens (including phenoxy) is 1. The third-order valence-corrected chi connectivity index (χ3v) is 2.76. The lowest BCUT2D eigenvalue weighted by atomic mass is 10.3. The van der Waals surface area contributed by atoms with Crippen molar-refractivity contribution in [1.82, 2.24) is 10.2 Å². The summed E-state index contributed by atoms with van der Waals surface area (Å²) in [5.74, 6) is 0.230. The van der Waals surface area contributed by atoms with Gasteiger partial charge < -0.3 is 10.1 Å². The van der Waals surface area contributed by atoms with Crippen molar-refractivity contribution in [2.75, 3.05) is 5.32 Å². The second kappa shape index (κ2) is 6.18. The van der Waals surface area contributed by atoms with Gasteiger partial charge in [-0.05, 0) is 37.6 Å². The number of aromatic nitrogens is 2. The minimum atomic E-state index is -0.706. The fourth-order valence-electron chi connectivity index (χ4n) is 1.61. The highest BCUT2D eigenvalue weighted by Gasteiger charge is 2.16. The highest BCUT2D eigenvalue weighted by molar-refractivity contribution is 5.93. The quantitative estimate of drug-likeness (QED) is 0.882. The molecular weight excluding hydrogens is 261 g/mol. The number of nitrogens with zero attached hydrogens (tertiary/aromatic N) is 1. The van der Waals surface area contributed by atoms with Gasteiger partial charge in [0.25, 0.3) is 5.91 Å². The number of hydrogen-bond donors (Lipinski definition) is 2. The molecule has 0 aliphatic rings. The van der Waals surface area contributed by atoms with Crippen LogP contribution in [0.1, 0.15) is 19.5 Å². The van der Waals surface area contributed by atoms with Gasteiger partial charge in [-0.2, -0.15) is 5.10 Å². The first-order valence-electron chi connectivity index (χ1n) is 6.36. The molecule has 0 saturated carbocycles. The number of nitrogens with one attached hydrogen (secondary N) is 2. The van der Waals surface area contributed by atoms with Crippen LogP contribution in [-0.4, -0.2) is 22.2 Å². The Morgan fingerprint density at radius 3 is 2.75 bits per heavy atom. The first-order chi connectivity index (χ1) is 9.58. The van der Waals surface area contributed by atoms with Gasteiger partial charge in [-0.25, -0.2) is 4.39 Å². The van der Waals surface area contributed by atoms with Crippen molar-refractivity contribution < 1.29 is 13.9 Å². The van der Waals surface area contributed by atoms with Gasteiger partial charge in [0.15, 0.2) is 11.9 Å². The number of halogens is 1. The van der Waals surface area contributed by atoms with Gasteiger partial charge in [-0.1, -0.05) is 6.92 Å². The third kappa shape index (κ3) is 3.57. The van der Waals surface area contributed by atoms with Crippen LogP contribution in [0.3, 0.4) is 0 Å². The van der Waals surface area contributed by atoms with Crippen molar-refractivity contribution in [2.24, 2.45) is 0 Å². The van der Waals surface area contributed by atoms with Crippen LogP contribution in [0.4, 0.5) is 10.2 Å². The molecule has 2 N–H and O–H groups in total. The van der Waals surface area contributed by atoms with E-state index in [1.54, 1.807) is 13.0 Å². The van der Waals surface area contributed by atoms with E-state index in [0.717, 1.165) is 12.1 Å². The smallest absolute Gasteiger partial charge is 0.266 e. The lowest BCUT2D eigenvalue weighted by Gasteiger charge is -2.13. The number of carbonyl (C=O) groups is 1. The topological polar surface area (TPSA) is 67.0 Å². The second-order valence-corrected chi connectivity index (χ2v) is 4.34. The monoisotopic (exact) mass is 277 g/mol. The Hall–Kier alpha value is -2.37. The molecule has 1 unspecified atom stereocenters. The Balaban J connectivity index is 1.93. The number of anilines is 1. The Labute approximate surface area is 116 Å². The zero-order valence-electron chi connectivity index (χ0n) is 11.3. The van der Waals surface area contributed by atoms with Crippen molar-refractivity contribution in [2.45, 2.75) is 26.4 Å². The number of amides is 1. The normalized spacial score (nSPS) is 11.9. The summed E-state index contributed by atoms with van der Waals surface area (Å²) in [7, 11) is 0. The van der Waals surface area contributed by atoms with Gasteiger partial charge in [0.2, 0.25) is 0 Å². The summed E-state index contributed by atoms with van der Waals surface area (Å²) in [6.45, 7) is 3.60. The Kier molecular flexibility index (Phi) is 4.34. The SMILES string of the molecule is CCc1cc(NC(=O)C(C)Oc2ccc(F)cc2)n[nH]1. The number of rotatable bonds is 5. The molecule has 1 aromatic heterocycles. The average Bonchev–Trinajstić information content (AvgIpc) is 2.89. The maximum Gasteiger partial charge on any atom is 0.266 e. The Morgan fingerprint density at radius 2 is 2.15 bits per heavy atom. The summed E-state index contributed by atoms with van der Waals surface area (Å²) in [5, 5.41) is 9.42. The van der Waals surface area contributed by atoms with Gasteiger partial charge in [-0.3, -0.25) is 9.89 Å². The van der Waals surface area contributed by atoms with Crippen LogP contribution in [-0.2, 0) is 11.2 Å². The second-order valence-electron chi connectivity index (χ2n) is 4.34. The molecule has 6 heteroatoms. The van der Waals surface area contributed by atoms with E-state index in [2.05, 4.69) is 15.5 Å². The van der Waals surface area contributed by atoms with Crippen molar-refractivity contribution in [3.63, 3.8) is 0 Å². The van der Waals surface area contributed by atoms with Gasteiger partial charge in [-0.15, -0.1) is 0 Å². The van der Waals surface area contributed by atoms with Crippen molar-refractivity contribution in [3.05, 3.63) is 41.8 Å². The van der Waals surface area contributed by atoms with Gasteiger partial charge in [0.05, 0.1) is 0 Å². The van der Waals surface area contributed by atoms with E-state index in [1.165, 1.54) is 24.3 Å². The average molecular weight is 277 g/mol. The Bertz CT molecular complexity index is 580. The molecule has 0 radical (unpaired) electrons. The minimum Gasteiger partial charge on any atom is -0.481 e. The third-order valence-electron chi connectivity index (χ3n) is 2.76. The number of hydrogen-bond acceptors (Lipinski definition) is 3. The molecule has 0 aliphatic carbocycles. The molecule has 1 heterocycles. The number of benzene rings is 1. The molecule has 0 bridgehead atoms. The maximum absolute atomic E-state index is 12.8. The maximum atomic E-state index is 12.8. The molecule has 0 saturated heterocycles. The van der Waals surface area contributed by atoms with Crippen LogP contribution in [0.5, 0.6) is 5.75 Å². The van der Waals surface area contributed by atoms with E-state index in [1.807, 2.05) is 6.92 Å². The van der Waals surface area contributed by atoms with Crippen LogP contribution in [0, 0.1) is 5.82 Å². The highest BCUT2D eigenvalue weighted by Crippen LogP contribution is 2.14. The highest BCUT2D eigenvalue weighted by atomic mass is 19.1. The summed E-state index contributed by atoms with van der Waals surface area (Å²) in [6.07, 6.45) is 0.104. The Morgan fingerprint density at radius 1 is 1.45 bits per heavy atom. The largest absolute Gasteiger partial charge is 0.481 e. The van der Waals surface area contributed by atoms with Gasteiger partial charge in [0.1, 0.15) is 11.6 Å². The van der Waals surface area contributed by atoms with E-state index in [4.69, 9.17) is 4.74 Å². The predicted molar refractivity (Wildman–Crippen MR) is 73.1 cm³/mol. The molecule has 2 aromatic rings. The van der Waals surface area contributed by atoms with Crippen LogP contribution < -0.4 is 10.1 Å². The zero-order chi connectivity index (χ0) is 14.5. The summed E-state index contributed by atoms with van der Waals surface area (Å²) in [6, 6.07) is 7.27. The fourth-order valence-corrected chi connectivity index (χ4v) is 1.61. The molecular formula is C14H16FN3O2. The molecule has 1 atom stereocenters. The first-order valence-corrected chi connectivity index (χ1v) is 6.36. The van der Waals surface area contributed by atoms with Crippen LogP contribution in [0.25, 0.3) is 0 Å². The predicted octanol–water partition coefficient (Wildman–Crippen LogP) is 2.52. The summed E-state index contributed by atoms with van der Waals surface area (Å²) >= 11 is 0. The fraction of sp³-hybridized carbons (Fsp3) is 0.286. The van der Waals surface area contributed by atoms with E-state index in [9.17, 15) is 9.18 Å². The molecule has 1 aromatic carbocycles. The van der Waals surface area contributed by atoms with Gasteiger partial charge in [0, 0.05) is 11.8 Å². The minimum absolute atomic E-state index is 0.316.